The van der Waals surface area contributed by atoms with Crippen LogP contribution in [-0.2, 0) is 28.6 Å². The first-order valence-corrected chi connectivity index (χ1v) is 10.1. The second kappa shape index (κ2) is 10.1. The maximum atomic E-state index is 12.2. The van der Waals surface area contributed by atoms with Gasteiger partial charge >= 0.3 is 11.9 Å². The van der Waals surface area contributed by atoms with Gasteiger partial charge in [0.15, 0.2) is 5.78 Å². The van der Waals surface area contributed by atoms with Crippen LogP contribution >= 0.6 is 0 Å². The number of rotatable bonds is 6. The molecule has 0 aromatic carbocycles. The lowest BCUT2D eigenvalue weighted by Gasteiger charge is -2.37. The van der Waals surface area contributed by atoms with Crippen molar-refractivity contribution in [2.75, 3.05) is 0 Å². The topological polar surface area (TPSA) is 99.1 Å². The van der Waals surface area contributed by atoms with Crippen LogP contribution in [0.3, 0.4) is 0 Å². The molecule has 1 heterocycles. The molecule has 1 aliphatic carbocycles. The van der Waals surface area contributed by atoms with Crippen LogP contribution in [0.5, 0.6) is 0 Å². The first-order chi connectivity index (χ1) is 13.4. The van der Waals surface area contributed by atoms with Crippen molar-refractivity contribution in [3.05, 3.63) is 23.5 Å². The average Bonchev–Trinajstić information content (AvgIpc) is 2.53. The van der Waals surface area contributed by atoms with Crippen LogP contribution < -0.4 is 0 Å². The molecule has 0 amide bonds. The van der Waals surface area contributed by atoms with Gasteiger partial charge in [-0.2, -0.15) is 0 Å². The zero-order valence-electron chi connectivity index (χ0n) is 18.5. The maximum absolute atomic E-state index is 12.2. The SMILES string of the molecule is CC.CC1=C[C@@H](OC(=O)CC(=O)CC2=CC(=O)OC(C)(C)O2)C(C(C)(C)O)CC1. The van der Waals surface area contributed by atoms with Crippen LogP contribution in [0.4, 0.5) is 0 Å². The van der Waals surface area contributed by atoms with Gasteiger partial charge in [0.2, 0.25) is 5.79 Å². The maximum Gasteiger partial charge on any atom is 0.337 e. The number of ketones is 1. The lowest BCUT2D eigenvalue weighted by molar-refractivity contribution is -0.205. The Labute approximate surface area is 173 Å². The molecule has 1 N–H and O–H groups in total. The van der Waals surface area contributed by atoms with E-state index in [1.165, 1.54) is 0 Å². The number of allylic oxidation sites excluding steroid dienone is 2. The van der Waals surface area contributed by atoms with E-state index >= 15 is 0 Å². The molecule has 1 unspecified atom stereocenters. The van der Waals surface area contributed by atoms with E-state index in [4.69, 9.17) is 14.2 Å². The summed E-state index contributed by atoms with van der Waals surface area (Å²) in [5, 5.41) is 10.3. The molecule has 0 fully saturated rings. The molecule has 0 aromatic rings. The Hall–Kier alpha value is -2.15. The number of cyclic esters (lactones) is 1. The molecule has 0 spiro atoms. The highest BCUT2D eigenvalue weighted by molar-refractivity contribution is 5.97. The van der Waals surface area contributed by atoms with Crippen LogP contribution in [0, 0.1) is 5.92 Å². The molecule has 0 radical (unpaired) electrons. The third-order valence-electron chi connectivity index (χ3n) is 4.58. The van der Waals surface area contributed by atoms with Crippen LogP contribution in [0.2, 0.25) is 0 Å². The third-order valence-corrected chi connectivity index (χ3v) is 4.58. The van der Waals surface area contributed by atoms with Crippen LogP contribution in [0.15, 0.2) is 23.5 Å². The predicted octanol–water partition coefficient (Wildman–Crippen LogP) is 3.59. The quantitative estimate of drug-likeness (QED) is 0.406. The summed E-state index contributed by atoms with van der Waals surface area (Å²) in [5.74, 6) is -2.90. The monoisotopic (exact) mass is 410 g/mol. The molecule has 164 valence electrons. The van der Waals surface area contributed by atoms with Gasteiger partial charge in [0.25, 0.3) is 0 Å². The van der Waals surface area contributed by atoms with E-state index in [2.05, 4.69) is 0 Å². The molecule has 2 atom stereocenters. The summed E-state index contributed by atoms with van der Waals surface area (Å²) in [6.45, 7) is 12.4. The van der Waals surface area contributed by atoms with Crippen molar-refractivity contribution >= 4 is 17.7 Å². The molecule has 1 aliphatic heterocycles. The second-order valence-electron chi connectivity index (χ2n) is 8.19. The van der Waals surface area contributed by atoms with Gasteiger partial charge in [-0.15, -0.1) is 0 Å². The number of aliphatic hydroxyl groups is 1. The Kier molecular flexibility index (Phi) is 8.63. The van der Waals surface area contributed by atoms with Crippen LogP contribution in [0.25, 0.3) is 0 Å². The molecular weight excluding hydrogens is 376 g/mol. The van der Waals surface area contributed by atoms with Gasteiger partial charge in [-0.3, -0.25) is 9.59 Å². The fourth-order valence-corrected chi connectivity index (χ4v) is 3.37. The normalized spacial score (nSPS) is 23.4. The number of esters is 2. The predicted molar refractivity (Wildman–Crippen MR) is 108 cm³/mol. The lowest BCUT2D eigenvalue weighted by atomic mass is 9.78. The van der Waals surface area contributed by atoms with Gasteiger partial charge < -0.3 is 19.3 Å². The fraction of sp³-hybridized carbons (Fsp3) is 0.682. The lowest BCUT2D eigenvalue weighted by Crippen LogP contribution is -2.42. The van der Waals surface area contributed by atoms with Crippen molar-refractivity contribution in [3.63, 3.8) is 0 Å². The summed E-state index contributed by atoms with van der Waals surface area (Å²) in [7, 11) is 0. The van der Waals surface area contributed by atoms with Gasteiger partial charge in [0, 0.05) is 19.8 Å². The highest BCUT2D eigenvalue weighted by Crippen LogP contribution is 2.34. The van der Waals surface area contributed by atoms with Gasteiger partial charge in [0.1, 0.15) is 18.3 Å². The van der Waals surface area contributed by atoms with E-state index in [-0.39, 0.29) is 18.1 Å². The molecule has 0 saturated carbocycles. The summed E-state index contributed by atoms with van der Waals surface area (Å²) in [5.41, 5.74) is 0.0832. The van der Waals surface area contributed by atoms with E-state index in [0.29, 0.717) is 6.42 Å². The second-order valence-corrected chi connectivity index (χ2v) is 8.19. The van der Waals surface area contributed by atoms with Crippen molar-refractivity contribution in [3.8, 4) is 0 Å². The fourth-order valence-electron chi connectivity index (χ4n) is 3.37. The summed E-state index contributed by atoms with van der Waals surface area (Å²) < 4.78 is 15.8. The molecular formula is C22H34O7. The summed E-state index contributed by atoms with van der Waals surface area (Å²) in [6.07, 6.45) is 3.28. The largest absolute Gasteiger partial charge is 0.457 e. The van der Waals surface area contributed by atoms with E-state index in [0.717, 1.165) is 18.1 Å². The standard InChI is InChI=1S/C20H28O7.C2H6/c1-12-6-7-15(19(2,3)24)16(8-12)25-17(22)10-13(21)9-14-11-18(23)27-20(4,5)26-14;1-2/h8,11,15-16,24H,6-7,9-10H2,1-5H3;1-2H3/t15?,16-;/m1./s1. The molecule has 2 aliphatic rings. The Bertz CT molecular complexity index is 680. The zero-order chi connectivity index (χ0) is 22.4. The van der Waals surface area contributed by atoms with Gasteiger partial charge in [-0.1, -0.05) is 19.4 Å². The smallest absolute Gasteiger partial charge is 0.337 e. The van der Waals surface area contributed by atoms with Gasteiger partial charge in [-0.05, 0) is 39.7 Å². The summed E-state index contributed by atoms with van der Waals surface area (Å²) in [6, 6.07) is 0. The van der Waals surface area contributed by atoms with Crippen molar-refractivity contribution in [1.29, 1.82) is 0 Å². The van der Waals surface area contributed by atoms with Gasteiger partial charge in [0.05, 0.1) is 18.1 Å². The number of carbonyl (C=O) groups is 3. The first kappa shape index (κ1) is 24.9. The number of Topliss-reactive ketones (excluding diaryl/α,β-unsaturated/α-hetero) is 1. The molecule has 0 saturated heterocycles. The minimum absolute atomic E-state index is 0.164. The Morgan fingerprint density at radius 1 is 1.28 bits per heavy atom. The van der Waals surface area contributed by atoms with Crippen molar-refractivity contribution in [1.82, 2.24) is 0 Å². The number of ether oxygens (including phenoxy) is 3. The number of hydrogen-bond acceptors (Lipinski definition) is 7. The Morgan fingerprint density at radius 3 is 2.45 bits per heavy atom. The van der Waals surface area contributed by atoms with Crippen molar-refractivity contribution in [2.24, 2.45) is 5.92 Å². The van der Waals surface area contributed by atoms with E-state index < -0.39 is 41.6 Å². The first-order valence-electron chi connectivity index (χ1n) is 10.1. The number of carbonyl (C=O) groups excluding carboxylic acids is 3. The third kappa shape index (κ3) is 8.01. The molecule has 7 heteroatoms. The highest BCUT2D eigenvalue weighted by Gasteiger charge is 2.37. The van der Waals surface area contributed by atoms with Gasteiger partial charge in [-0.25, -0.2) is 4.79 Å². The summed E-state index contributed by atoms with van der Waals surface area (Å²) >= 11 is 0. The Balaban J connectivity index is 0.00000204. The minimum Gasteiger partial charge on any atom is -0.457 e. The molecule has 2 rings (SSSR count). The van der Waals surface area contributed by atoms with E-state index in [1.54, 1.807) is 27.7 Å². The zero-order valence-corrected chi connectivity index (χ0v) is 18.5. The van der Waals surface area contributed by atoms with Crippen molar-refractivity contribution in [2.45, 2.75) is 91.6 Å². The van der Waals surface area contributed by atoms with Crippen LogP contribution in [0.1, 0.15) is 74.1 Å². The summed E-state index contributed by atoms with van der Waals surface area (Å²) in [4.78, 5) is 35.9. The highest BCUT2D eigenvalue weighted by atomic mass is 16.7. The average molecular weight is 411 g/mol. The molecule has 29 heavy (non-hydrogen) atoms. The number of hydrogen-bond donors (Lipinski definition) is 1. The Morgan fingerprint density at radius 2 is 1.90 bits per heavy atom. The molecule has 7 nitrogen and oxygen atoms in total. The van der Waals surface area contributed by atoms with E-state index in [1.807, 2.05) is 26.8 Å². The minimum atomic E-state index is -1.15. The molecule has 0 aromatic heterocycles. The molecule has 0 bridgehead atoms. The van der Waals surface area contributed by atoms with Crippen molar-refractivity contribution < 1.29 is 33.7 Å². The van der Waals surface area contributed by atoms with E-state index in [9.17, 15) is 19.5 Å². The van der Waals surface area contributed by atoms with Crippen LogP contribution in [-0.4, -0.2) is 40.3 Å².